The second kappa shape index (κ2) is 3.35. The zero-order valence-corrected chi connectivity index (χ0v) is 7.45. The summed E-state index contributed by atoms with van der Waals surface area (Å²) in [6, 6.07) is 0. The summed E-state index contributed by atoms with van der Waals surface area (Å²) >= 11 is 0. The molecule has 2 bridgehead atoms. The van der Waals surface area contributed by atoms with Gasteiger partial charge in [0.2, 0.25) is 0 Å². The highest BCUT2D eigenvalue weighted by Crippen LogP contribution is 2.39. The molecule has 4 unspecified atom stereocenters. The van der Waals surface area contributed by atoms with Gasteiger partial charge in [0.1, 0.15) is 0 Å². The highest BCUT2D eigenvalue weighted by molar-refractivity contribution is 4.86. The molecular weight excluding hydrogens is 152 g/mol. The number of rotatable bonds is 0. The lowest BCUT2D eigenvalue weighted by Gasteiger charge is -2.24. The quantitative estimate of drug-likeness (QED) is 0.575. The predicted molar refractivity (Wildman–Crippen MR) is 46.7 cm³/mol. The standard InChI is InChI=1S/C10H18O2/c11-9-2-1-3-10(12)8-5-4-7(9)6-8/h7-12H,1-6H2. The summed E-state index contributed by atoms with van der Waals surface area (Å²) in [5.74, 6) is 0.981. The second-order valence-corrected chi connectivity index (χ2v) is 4.40. The molecule has 2 aliphatic rings. The van der Waals surface area contributed by atoms with Gasteiger partial charge in [-0.25, -0.2) is 0 Å². The van der Waals surface area contributed by atoms with Gasteiger partial charge in [-0.3, -0.25) is 0 Å². The van der Waals surface area contributed by atoms with Crippen LogP contribution in [0.4, 0.5) is 0 Å². The third-order valence-electron chi connectivity index (χ3n) is 3.60. The van der Waals surface area contributed by atoms with Crippen molar-refractivity contribution in [2.24, 2.45) is 11.8 Å². The van der Waals surface area contributed by atoms with Gasteiger partial charge < -0.3 is 10.2 Å². The Hall–Kier alpha value is -0.0800. The minimum atomic E-state index is -0.0810. The minimum Gasteiger partial charge on any atom is -0.393 e. The molecule has 0 spiro atoms. The van der Waals surface area contributed by atoms with Crippen LogP contribution in [-0.2, 0) is 0 Å². The number of hydrogen-bond donors (Lipinski definition) is 2. The molecule has 0 aliphatic heterocycles. The third-order valence-corrected chi connectivity index (χ3v) is 3.60. The molecule has 0 amide bonds. The smallest absolute Gasteiger partial charge is 0.0568 e. The summed E-state index contributed by atoms with van der Waals surface area (Å²) in [6.07, 6.45) is 5.94. The maximum atomic E-state index is 9.71. The van der Waals surface area contributed by atoms with E-state index in [9.17, 15) is 10.2 Å². The van der Waals surface area contributed by atoms with Crippen LogP contribution in [0, 0.1) is 11.8 Å². The van der Waals surface area contributed by atoms with Crippen molar-refractivity contribution in [1.82, 2.24) is 0 Å². The fourth-order valence-corrected chi connectivity index (χ4v) is 2.76. The van der Waals surface area contributed by atoms with E-state index in [-0.39, 0.29) is 12.2 Å². The Bertz CT molecular complexity index is 142. The molecule has 4 atom stereocenters. The molecule has 0 radical (unpaired) electrons. The maximum Gasteiger partial charge on any atom is 0.0568 e. The van der Waals surface area contributed by atoms with E-state index in [1.807, 2.05) is 0 Å². The predicted octanol–water partition coefficient (Wildman–Crippen LogP) is 1.31. The Morgan fingerprint density at radius 2 is 1.25 bits per heavy atom. The van der Waals surface area contributed by atoms with Gasteiger partial charge in [0.05, 0.1) is 12.2 Å². The third kappa shape index (κ3) is 1.50. The van der Waals surface area contributed by atoms with Crippen molar-refractivity contribution in [3.05, 3.63) is 0 Å². The second-order valence-electron chi connectivity index (χ2n) is 4.40. The Morgan fingerprint density at radius 1 is 0.750 bits per heavy atom. The average Bonchev–Trinajstić information content (AvgIpc) is 2.51. The van der Waals surface area contributed by atoms with Crippen LogP contribution in [0.5, 0.6) is 0 Å². The van der Waals surface area contributed by atoms with Crippen LogP contribution in [0.1, 0.15) is 38.5 Å². The van der Waals surface area contributed by atoms with Crippen LogP contribution in [0.3, 0.4) is 0 Å². The molecule has 70 valence electrons. The van der Waals surface area contributed by atoms with Gasteiger partial charge in [0, 0.05) is 0 Å². The zero-order valence-electron chi connectivity index (χ0n) is 7.45. The molecular formula is C10H18O2. The van der Waals surface area contributed by atoms with Gasteiger partial charge >= 0.3 is 0 Å². The summed E-state index contributed by atoms with van der Waals surface area (Å²) < 4.78 is 0. The Morgan fingerprint density at radius 3 is 1.75 bits per heavy atom. The van der Waals surface area contributed by atoms with Crippen LogP contribution < -0.4 is 0 Å². The van der Waals surface area contributed by atoms with Crippen LogP contribution in [0.15, 0.2) is 0 Å². The Kier molecular flexibility index (Phi) is 2.37. The van der Waals surface area contributed by atoms with Crippen LogP contribution in [0.25, 0.3) is 0 Å². The van der Waals surface area contributed by atoms with Crippen molar-refractivity contribution >= 4 is 0 Å². The van der Waals surface area contributed by atoms with E-state index < -0.39 is 0 Å². The van der Waals surface area contributed by atoms with E-state index in [1.54, 1.807) is 0 Å². The lowest BCUT2D eigenvalue weighted by Crippen LogP contribution is -2.25. The molecule has 2 fully saturated rings. The molecule has 2 N–H and O–H groups in total. The molecule has 2 rings (SSSR count). The van der Waals surface area contributed by atoms with Crippen molar-refractivity contribution in [3.63, 3.8) is 0 Å². The lowest BCUT2D eigenvalue weighted by atomic mass is 9.88. The summed E-state index contributed by atoms with van der Waals surface area (Å²) in [5, 5.41) is 19.4. The lowest BCUT2D eigenvalue weighted by molar-refractivity contribution is 0.0501. The molecule has 2 saturated carbocycles. The largest absolute Gasteiger partial charge is 0.393 e. The molecule has 2 heteroatoms. The van der Waals surface area contributed by atoms with Crippen LogP contribution >= 0.6 is 0 Å². The molecule has 2 nitrogen and oxygen atoms in total. The van der Waals surface area contributed by atoms with E-state index in [4.69, 9.17) is 0 Å². The fourth-order valence-electron chi connectivity index (χ4n) is 2.76. The molecule has 12 heavy (non-hydrogen) atoms. The van der Waals surface area contributed by atoms with Crippen molar-refractivity contribution in [1.29, 1.82) is 0 Å². The first-order valence-electron chi connectivity index (χ1n) is 5.13. The molecule has 0 saturated heterocycles. The zero-order chi connectivity index (χ0) is 8.55. The van der Waals surface area contributed by atoms with Crippen LogP contribution in [0.2, 0.25) is 0 Å². The monoisotopic (exact) mass is 170 g/mol. The Balaban J connectivity index is 2.02. The first kappa shape index (κ1) is 8.52. The fraction of sp³-hybridized carbons (Fsp3) is 1.00. The highest BCUT2D eigenvalue weighted by Gasteiger charge is 2.35. The van der Waals surface area contributed by atoms with E-state index in [2.05, 4.69) is 0 Å². The number of fused-ring (bicyclic) bond motifs is 2. The normalized spacial score (nSPS) is 48.5. The first-order chi connectivity index (χ1) is 5.77. The van der Waals surface area contributed by atoms with Crippen molar-refractivity contribution in [2.45, 2.75) is 50.7 Å². The summed E-state index contributed by atoms with van der Waals surface area (Å²) in [5.41, 5.74) is 0. The number of aliphatic hydroxyl groups is 2. The Labute approximate surface area is 73.6 Å². The van der Waals surface area contributed by atoms with E-state index in [0.29, 0.717) is 11.8 Å². The summed E-state index contributed by atoms with van der Waals surface area (Å²) in [6.45, 7) is 0. The van der Waals surface area contributed by atoms with Gasteiger partial charge in [-0.05, 0) is 50.4 Å². The van der Waals surface area contributed by atoms with E-state index in [0.717, 1.165) is 38.5 Å². The first-order valence-corrected chi connectivity index (χ1v) is 5.13. The maximum absolute atomic E-state index is 9.71. The van der Waals surface area contributed by atoms with Gasteiger partial charge in [0.25, 0.3) is 0 Å². The van der Waals surface area contributed by atoms with Crippen molar-refractivity contribution in [2.75, 3.05) is 0 Å². The van der Waals surface area contributed by atoms with Crippen molar-refractivity contribution < 1.29 is 10.2 Å². The molecule has 0 aromatic carbocycles. The van der Waals surface area contributed by atoms with Crippen LogP contribution in [-0.4, -0.2) is 22.4 Å². The van der Waals surface area contributed by atoms with Gasteiger partial charge in [-0.2, -0.15) is 0 Å². The topological polar surface area (TPSA) is 40.5 Å². The molecule has 0 heterocycles. The average molecular weight is 170 g/mol. The molecule has 0 aromatic rings. The highest BCUT2D eigenvalue weighted by atomic mass is 16.3. The van der Waals surface area contributed by atoms with Gasteiger partial charge in [-0.1, -0.05) is 0 Å². The van der Waals surface area contributed by atoms with Crippen molar-refractivity contribution in [3.8, 4) is 0 Å². The summed E-state index contributed by atoms with van der Waals surface area (Å²) in [4.78, 5) is 0. The molecule has 0 aromatic heterocycles. The minimum absolute atomic E-state index is 0.0810. The van der Waals surface area contributed by atoms with Gasteiger partial charge in [-0.15, -0.1) is 0 Å². The number of hydrogen-bond acceptors (Lipinski definition) is 2. The summed E-state index contributed by atoms with van der Waals surface area (Å²) in [7, 11) is 0. The van der Waals surface area contributed by atoms with Gasteiger partial charge in [0.15, 0.2) is 0 Å². The van der Waals surface area contributed by atoms with E-state index >= 15 is 0 Å². The molecule has 2 aliphatic carbocycles. The SMILES string of the molecule is OC1CCCC(O)C2CCC1C2. The van der Waals surface area contributed by atoms with E-state index in [1.165, 1.54) is 0 Å². The number of aliphatic hydroxyl groups excluding tert-OH is 2.